The summed E-state index contributed by atoms with van der Waals surface area (Å²) >= 11 is 0. The van der Waals surface area contributed by atoms with E-state index in [2.05, 4.69) is 15.4 Å². The van der Waals surface area contributed by atoms with Crippen molar-refractivity contribution in [2.45, 2.75) is 18.9 Å². The highest BCUT2D eigenvalue weighted by Gasteiger charge is 2.24. The highest BCUT2D eigenvalue weighted by Crippen LogP contribution is 2.27. The zero-order chi connectivity index (χ0) is 22.8. The summed E-state index contributed by atoms with van der Waals surface area (Å²) in [4.78, 5) is 18.7. The Bertz CT molecular complexity index is 1290. The van der Waals surface area contributed by atoms with Crippen LogP contribution in [0.5, 0.6) is 0 Å². The van der Waals surface area contributed by atoms with E-state index in [1.54, 1.807) is 23.8 Å². The van der Waals surface area contributed by atoms with Gasteiger partial charge in [-0.2, -0.15) is 5.10 Å². The molecule has 0 aliphatic carbocycles. The summed E-state index contributed by atoms with van der Waals surface area (Å²) in [7, 11) is 1.68. The predicted molar refractivity (Wildman–Crippen MR) is 125 cm³/mol. The Morgan fingerprint density at radius 2 is 2.00 bits per heavy atom. The minimum absolute atomic E-state index is 0.126. The van der Waals surface area contributed by atoms with Crippen molar-refractivity contribution in [2.24, 2.45) is 0 Å². The zero-order valence-corrected chi connectivity index (χ0v) is 18.2. The number of fused-ring (bicyclic) bond motifs is 1. The number of nitrogens with zero attached hydrogens (tertiary/aromatic N) is 4. The smallest absolute Gasteiger partial charge is 0.228 e. The fraction of sp³-hybridized carbons (Fsp3) is 0.240. The van der Waals surface area contributed by atoms with Crippen LogP contribution in [0.4, 0.5) is 15.8 Å². The number of aromatic nitrogens is 3. The summed E-state index contributed by atoms with van der Waals surface area (Å²) in [5, 5.41) is 6.89. The molecular weight excluding hydrogens is 421 g/mol. The van der Waals surface area contributed by atoms with E-state index in [0.29, 0.717) is 17.9 Å². The van der Waals surface area contributed by atoms with E-state index in [1.807, 2.05) is 47.5 Å². The molecule has 1 N–H and O–H groups in total. The van der Waals surface area contributed by atoms with Crippen molar-refractivity contribution >= 4 is 22.9 Å². The summed E-state index contributed by atoms with van der Waals surface area (Å²) in [6.07, 6.45) is 4.59. The van der Waals surface area contributed by atoms with Gasteiger partial charge >= 0.3 is 0 Å². The van der Waals surface area contributed by atoms with E-state index in [-0.39, 0.29) is 24.2 Å². The average molecular weight is 445 g/mol. The van der Waals surface area contributed by atoms with Gasteiger partial charge in [-0.1, -0.05) is 24.3 Å². The van der Waals surface area contributed by atoms with Crippen molar-refractivity contribution in [2.75, 3.05) is 30.4 Å². The standard InChI is InChI=1S/C25H24FN5O2/c1-33-21-9-10-30(15-21)23-7-6-20(14-22(23)26)29-25(32)12-17-2-4-18(5-3-17)19-8-11-31-24(13-19)27-16-28-31/h2-8,11,13-14,16,21H,9-10,12,15H2,1H3,(H,29,32). The second kappa shape index (κ2) is 8.99. The summed E-state index contributed by atoms with van der Waals surface area (Å²) in [6, 6.07) is 16.6. The summed E-state index contributed by atoms with van der Waals surface area (Å²) < 4.78 is 21.7. The van der Waals surface area contributed by atoms with Gasteiger partial charge in [-0.25, -0.2) is 13.9 Å². The molecule has 1 aliphatic rings. The van der Waals surface area contributed by atoms with Gasteiger partial charge in [-0.05, 0) is 53.4 Å². The summed E-state index contributed by atoms with van der Waals surface area (Å²) in [5.74, 6) is -0.543. The second-order valence-corrected chi connectivity index (χ2v) is 8.16. The predicted octanol–water partition coefficient (Wildman–Crippen LogP) is 3.94. The number of rotatable bonds is 6. The maximum absolute atomic E-state index is 14.6. The number of carbonyl (C=O) groups is 1. The fourth-order valence-electron chi connectivity index (χ4n) is 4.18. The van der Waals surface area contributed by atoms with Gasteiger partial charge in [-0.3, -0.25) is 4.79 Å². The number of ether oxygens (including phenoxy) is 1. The maximum Gasteiger partial charge on any atom is 0.228 e. The highest BCUT2D eigenvalue weighted by atomic mass is 19.1. The zero-order valence-electron chi connectivity index (χ0n) is 18.2. The monoisotopic (exact) mass is 445 g/mol. The molecule has 0 spiro atoms. The number of nitrogens with one attached hydrogen (secondary N) is 1. The number of benzene rings is 2. The molecule has 1 amide bonds. The van der Waals surface area contributed by atoms with Crippen LogP contribution in [0.1, 0.15) is 12.0 Å². The first-order valence-electron chi connectivity index (χ1n) is 10.8. The number of halogens is 1. The van der Waals surface area contributed by atoms with Crippen molar-refractivity contribution < 1.29 is 13.9 Å². The van der Waals surface area contributed by atoms with Crippen LogP contribution in [0.25, 0.3) is 16.8 Å². The average Bonchev–Trinajstić information content (AvgIpc) is 3.48. The first-order chi connectivity index (χ1) is 16.1. The Kier molecular flexibility index (Phi) is 5.75. The van der Waals surface area contributed by atoms with Crippen LogP contribution in [0.3, 0.4) is 0 Å². The van der Waals surface area contributed by atoms with Gasteiger partial charge in [0.15, 0.2) is 5.65 Å². The molecule has 1 atom stereocenters. The lowest BCUT2D eigenvalue weighted by Gasteiger charge is -2.19. The SMILES string of the molecule is COC1CCN(c2ccc(NC(=O)Cc3ccc(-c4ccn5ncnc5c4)cc3)cc2F)C1. The van der Waals surface area contributed by atoms with E-state index in [4.69, 9.17) is 4.74 Å². The first-order valence-corrected chi connectivity index (χ1v) is 10.8. The van der Waals surface area contributed by atoms with Gasteiger partial charge in [0.2, 0.25) is 5.91 Å². The fourth-order valence-corrected chi connectivity index (χ4v) is 4.18. The van der Waals surface area contributed by atoms with Crippen LogP contribution in [-0.2, 0) is 16.0 Å². The van der Waals surface area contributed by atoms with Gasteiger partial charge in [-0.15, -0.1) is 0 Å². The third-order valence-corrected chi connectivity index (χ3v) is 5.98. The number of hydrogen-bond acceptors (Lipinski definition) is 5. The van der Waals surface area contributed by atoms with Gasteiger partial charge in [0.05, 0.1) is 18.2 Å². The summed E-state index contributed by atoms with van der Waals surface area (Å²) in [6.45, 7) is 1.42. The van der Waals surface area contributed by atoms with E-state index < -0.39 is 0 Å². The molecule has 0 bridgehead atoms. The van der Waals surface area contributed by atoms with Crippen LogP contribution in [0.15, 0.2) is 67.1 Å². The van der Waals surface area contributed by atoms with Gasteiger partial charge in [0.25, 0.3) is 0 Å². The van der Waals surface area contributed by atoms with Crippen molar-refractivity contribution in [3.8, 4) is 11.1 Å². The normalized spacial score (nSPS) is 15.8. The van der Waals surface area contributed by atoms with E-state index >= 15 is 0 Å². The Morgan fingerprint density at radius 1 is 1.15 bits per heavy atom. The molecule has 0 saturated carbocycles. The van der Waals surface area contributed by atoms with E-state index in [1.165, 1.54) is 12.4 Å². The number of hydrogen-bond donors (Lipinski definition) is 1. The molecule has 33 heavy (non-hydrogen) atoms. The maximum atomic E-state index is 14.6. The van der Waals surface area contributed by atoms with Crippen LogP contribution < -0.4 is 10.2 Å². The van der Waals surface area contributed by atoms with Crippen LogP contribution >= 0.6 is 0 Å². The van der Waals surface area contributed by atoms with Crippen molar-refractivity contribution in [1.82, 2.24) is 14.6 Å². The van der Waals surface area contributed by atoms with Gasteiger partial charge < -0.3 is 15.0 Å². The minimum atomic E-state index is -0.349. The Hall–Kier alpha value is -3.78. The van der Waals surface area contributed by atoms with E-state index in [0.717, 1.165) is 35.3 Å². The van der Waals surface area contributed by atoms with Gasteiger partial charge in [0.1, 0.15) is 12.1 Å². The highest BCUT2D eigenvalue weighted by molar-refractivity contribution is 5.92. The molecule has 1 aliphatic heterocycles. The number of amides is 1. The van der Waals surface area contributed by atoms with Crippen LogP contribution in [-0.4, -0.2) is 46.8 Å². The number of pyridine rings is 1. The molecule has 1 fully saturated rings. The third-order valence-electron chi connectivity index (χ3n) is 5.98. The molecule has 168 valence electrons. The number of anilines is 2. The molecule has 1 unspecified atom stereocenters. The number of methoxy groups -OCH3 is 1. The molecule has 7 nitrogen and oxygen atoms in total. The largest absolute Gasteiger partial charge is 0.380 e. The molecule has 3 heterocycles. The van der Waals surface area contributed by atoms with Crippen LogP contribution in [0, 0.1) is 5.82 Å². The molecule has 2 aromatic carbocycles. The summed E-state index contributed by atoms with van der Waals surface area (Å²) in [5.41, 5.74) is 4.68. The van der Waals surface area contributed by atoms with E-state index in [9.17, 15) is 9.18 Å². The molecule has 4 aromatic rings. The van der Waals surface area contributed by atoms with Crippen molar-refractivity contribution in [1.29, 1.82) is 0 Å². The van der Waals surface area contributed by atoms with Crippen molar-refractivity contribution in [3.05, 3.63) is 78.5 Å². The minimum Gasteiger partial charge on any atom is -0.380 e. The Labute approximate surface area is 190 Å². The van der Waals surface area contributed by atoms with Crippen molar-refractivity contribution in [3.63, 3.8) is 0 Å². The molecule has 8 heteroatoms. The lowest BCUT2D eigenvalue weighted by molar-refractivity contribution is -0.115. The van der Waals surface area contributed by atoms with Gasteiger partial charge in [0, 0.05) is 32.1 Å². The Morgan fingerprint density at radius 3 is 2.76 bits per heavy atom. The lowest BCUT2D eigenvalue weighted by atomic mass is 10.0. The molecule has 5 rings (SSSR count). The second-order valence-electron chi connectivity index (χ2n) is 8.16. The molecule has 0 radical (unpaired) electrons. The first kappa shape index (κ1) is 21.1. The molecule has 1 saturated heterocycles. The quantitative estimate of drug-likeness (QED) is 0.487. The third kappa shape index (κ3) is 4.56. The topological polar surface area (TPSA) is 71.8 Å². The number of carbonyl (C=O) groups excluding carboxylic acids is 1. The molecule has 2 aromatic heterocycles. The van der Waals surface area contributed by atoms with Crippen LogP contribution in [0.2, 0.25) is 0 Å². The Balaban J connectivity index is 1.21. The molecular formula is C25H24FN5O2. The lowest BCUT2D eigenvalue weighted by Crippen LogP contribution is -2.23.